The molecule has 0 radical (unpaired) electrons. The number of hydrogen-bond donors (Lipinski definition) is 1. The summed E-state index contributed by atoms with van der Waals surface area (Å²) >= 11 is 0. The summed E-state index contributed by atoms with van der Waals surface area (Å²) in [6.45, 7) is 7.60. The zero-order chi connectivity index (χ0) is 26.5. The SMILES string of the molecule is CC(C)(C)OC(=O)NC1(c2ccc(-c3ccc(N4C[C@H](Cn5ccnn5)OC4=O)cc3)cn2)[C@@H]2COC[C@@H]21. The van der Waals surface area contributed by atoms with Crippen LogP contribution in [-0.4, -0.2) is 63.6 Å². The zero-order valence-corrected chi connectivity index (χ0v) is 21.5. The number of ether oxygens (including phenoxy) is 3. The Morgan fingerprint density at radius 3 is 2.50 bits per heavy atom. The maximum atomic E-state index is 12.6. The van der Waals surface area contributed by atoms with Gasteiger partial charge in [-0.1, -0.05) is 23.4 Å². The normalized spacial score (nSPS) is 26.1. The van der Waals surface area contributed by atoms with Crippen LogP contribution in [0.25, 0.3) is 11.1 Å². The molecule has 3 fully saturated rings. The van der Waals surface area contributed by atoms with Crippen LogP contribution in [0.1, 0.15) is 26.5 Å². The smallest absolute Gasteiger partial charge is 0.414 e. The first-order valence-corrected chi connectivity index (χ1v) is 12.7. The lowest BCUT2D eigenvalue weighted by atomic mass is 10.0. The van der Waals surface area contributed by atoms with Gasteiger partial charge in [0.1, 0.15) is 11.7 Å². The van der Waals surface area contributed by atoms with Crippen LogP contribution < -0.4 is 10.2 Å². The summed E-state index contributed by atoms with van der Waals surface area (Å²) in [7, 11) is 0. The van der Waals surface area contributed by atoms with E-state index in [0.717, 1.165) is 22.5 Å². The molecule has 1 saturated carbocycles. The molecule has 198 valence electrons. The van der Waals surface area contributed by atoms with E-state index in [2.05, 4.69) is 15.6 Å². The number of hydrogen-bond acceptors (Lipinski definition) is 8. The van der Waals surface area contributed by atoms with Gasteiger partial charge in [0.2, 0.25) is 0 Å². The van der Waals surface area contributed by atoms with Crippen LogP contribution in [0, 0.1) is 11.8 Å². The highest BCUT2D eigenvalue weighted by Crippen LogP contribution is 2.60. The summed E-state index contributed by atoms with van der Waals surface area (Å²) in [5.41, 5.74) is 2.31. The van der Waals surface area contributed by atoms with Gasteiger partial charge in [-0.15, -0.1) is 5.10 Å². The number of nitrogens with zero attached hydrogens (tertiary/aromatic N) is 5. The second-order valence-corrected chi connectivity index (χ2v) is 11.0. The topological polar surface area (TPSA) is 121 Å². The van der Waals surface area contributed by atoms with Gasteiger partial charge in [0.25, 0.3) is 0 Å². The third-order valence-corrected chi connectivity index (χ3v) is 7.29. The van der Waals surface area contributed by atoms with Gasteiger partial charge in [0, 0.05) is 35.5 Å². The Balaban J connectivity index is 1.15. The van der Waals surface area contributed by atoms with Crippen molar-refractivity contribution in [2.75, 3.05) is 24.7 Å². The van der Waals surface area contributed by atoms with Crippen LogP contribution >= 0.6 is 0 Å². The molecule has 4 atom stereocenters. The number of aromatic nitrogens is 4. The minimum atomic E-state index is -0.584. The van der Waals surface area contributed by atoms with E-state index in [1.54, 1.807) is 22.0 Å². The molecular weight excluding hydrogens is 488 g/mol. The highest BCUT2D eigenvalue weighted by atomic mass is 16.6. The van der Waals surface area contributed by atoms with Crippen LogP contribution in [-0.2, 0) is 26.3 Å². The van der Waals surface area contributed by atoms with Crippen LogP contribution in [0.15, 0.2) is 55.0 Å². The zero-order valence-electron chi connectivity index (χ0n) is 21.5. The van der Waals surface area contributed by atoms with Crippen molar-refractivity contribution in [2.45, 2.75) is 44.6 Å². The fourth-order valence-corrected chi connectivity index (χ4v) is 5.47. The van der Waals surface area contributed by atoms with Crippen LogP contribution in [0.3, 0.4) is 0 Å². The number of alkyl carbamates (subject to hydrolysis) is 1. The minimum Gasteiger partial charge on any atom is -0.444 e. The quantitative estimate of drug-likeness (QED) is 0.527. The lowest BCUT2D eigenvalue weighted by Gasteiger charge is -2.26. The molecule has 0 bridgehead atoms. The van der Waals surface area contributed by atoms with Gasteiger partial charge in [0.15, 0.2) is 0 Å². The van der Waals surface area contributed by atoms with E-state index < -0.39 is 17.2 Å². The first kappa shape index (κ1) is 24.4. The number of nitrogens with one attached hydrogen (secondary N) is 1. The van der Waals surface area contributed by atoms with E-state index in [0.29, 0.717) is 26.3 Å². The van der Waals surface area contributed by atoms with Gasteiger partial charge in [-0.3, -0.25) is 9.88 Å². The number of rotatable bonds is 6. The summed E-state index contributed by atoms with van der Waals surface area (Å²) in [6.07, 6.45) is 4.03. The first-order chi connectivity index (χ1) is 18.2. The van der Waals surface area contributed by atoms with Crippen LogP contribution in [0.4, 0.5) is 15.3 Å². The summed E-state index contributed by atoms with van der Waals surface area (Å²) in [5, 5.41) is 10.8. The number of carbonyl (C=O) groups is 2. The van der Waals surface area contributed by atoms with Crippen molar-refractivity contribution in [1.82, 2.24) is 25.3 Å². The maximum absolute atomic E-state index is 12.6. The van der Waals surface area contributed by atoms with E-state index >= 15 is 0 Å². The third kappa shape index (κ3) is 4.47. The molecule has 38 heavy (non-hydrogen) atoms. The van der Waals surface area contributed by atoms with Gasteiger partial charge < -0.3 is 19.5 Å². The van der Waals surface area contributed by atoms with E-state index in [-0.39, 0.29) is 24.0 Å². The van der Waals surface area contributed by atoms with Gasteiger partial charge >= 0.3 is 12.2 Å². The Morgan fingerprint density at radius 1 is 1.13 bits per heavy atom. The van der Waals surface area contributed by atoms with Crippen molar-refractivity contribution in [3.8, 4) is 11.1 Å². The summed E-state index contributed by atoms with van der Waals surface area (Å²) in [5.74, 6) is 0.363. The molecule has 1 unspecified atom stereocenters. The molecule has 2 aromatic heterocycles. The monoisotopic (exact) mass is 518 g/mol. The van der Waals surface area contributed by atoms with E-state index in [4.69, 9.17) is 19.2 Å². The molecule has 2 amide bonds. The molecule has 1 aromatic carbocycles. The number of cyclic esters (lactones) is 1. The molecular formula is C27H30N6O5. The molecule has 1 aliphatic carbocycles. The van der Waals surface area contributed by atoms with Crippen molar-refractivity contribution in [2.24, 2.45) is 11.8 Å². The number of fused-ring (bicyclic) bond motifs is 1. The largest absolute Gasteiger partial charge is 0.444 e. The lowest BCUT2D eigenvalue weighted by Crippen LogP contribution is -2.43. The minimum absolute atomic E-state index is 0.182. The van der Waals surface area contributed by atoms with Crippen molar-refractivity contribution in [3.05, 3.63) is 60.7 Å². The van der Waals surface area contributed by atoms with Gasteiger partial charge in [-0.2, -0.15) is 0 Å². The Hall–Kier alpha value is -3.99. The molecule has 2 aliphatic heterocycles. The number of pyridine rings is 1. The molecule has 11 heteroatoms. The van der Waals surface area contributed by atoms with Gasteiger partial charge in [0.05, 0.1) is 43.7 Å². The summed E-state index contributed by atoms with van der Waals surface area (Å²) < 4.78 is 18.3. The summed E-state index contributed by atoms with van der Waals surface area (Å²) in [4.78, 5) is 31.4. The Morgan fingerprint density at radius 2 is 1.87 bits per heavy atom. The predicted octanol–water partition coefficient (Wildman–Crippen LogP) is 3.36. The molecule has 11 nitrogen and oxygen atoms in total. The molecule has 3 aromatic rings. The second-order valence-electron chi connectivity index (χ2n) is 11.0. The highest BCUT2D eigenvalue weighted by Gasteiger charge is 2.70. The molecule has 3 aliphatic rings. The molecule has 2 saturated heterocycles. The predicted molar refractivity (Wildman–Crippen MR) is 136 cm³/mol. The molecule has 4 heterocycles. The van der Waals surface area contributed by atoms with Crippen molar-refractivity contribution < 1.29 is 23.8 Å². The Bertz CT molecular complexity index is 1310. The van der Waals surface area contributed by atoms with E-state index in [1.165, 1.54) is 0 Å². The summed E-state index contributed by atoms with van der Waals surface area (Å²) in [6, 6.07) is 11.7. The molecule has 1 N–H and O–H groups in total. The van der Waals surface area contributed by atoms with Crippen LogP contribution in [0.5, 0.6) is 0 Å². The average Bonchev–Trinajstić information content (AvgIpc) is 3.42. The average molecular weight is 519 g/mol. The molecule has 0 spiro atoms. The Labute approximate surface area is 220 Å². The standard InChI is InChI=1S/C27H30N6O5/c1-26(2,3)38-24(34)30-27(21-15-36-16-22(21)27)23-9-6-18(12-28-23)17-4-7-19(8-5-17)33-14-20(37-25(33)35)13-32-11-10-29-31-32/h4-12,20-22H,13-16H2,1-3H3,(H,30,34)/t20-,21-,22+,27?/m0/s1. The van der Waals surface area contributed by atoms with Crippen LogP contribution in [0.2, 0.25) is 0 Å². The number of amides is 2. The number of carbonyl (C=O) groups excluding carboxylic acids is 2. The van der Waals surface area contributed by atoms with Gasteiger partial charge in [-0.25, -0.2) is 14.3 Å². The number of anilines is 1. The fourth-order valence-electron chi connectivity index (χ4n) is 5.47. The van der Waals surface area contributed by atoms with Crippen molar-refractivity contribution >= 4 is 17.9 Å². The lowest BCUT2D eigenvalue weighted by molar-refractivity contribution is 0.0447. The second kappa shape index (κ2) is 9.09. The van der Waals surface area contributed by atoms with Gasteiger partial charge in [-0.05, 0) is 44.5 Å². The fraction of sp³-hybridized carbons (Fsp3) is 0.444. The first-order valence-electron chi connectivity index (χ1n) is 12.7. The molecule has 6 rings (SSSR count). The van der Waals surface area contributed by atoms with Crippen molar-refractivity contribution in [3.63, 3.8) is 0 Å². The van der Waals surface area contributed by atoms with Crippen molar-refractivity contribution in [1.29, 1.82) is 0 Å². The Kier molecular flexibility index (Phi) is 5.82. The highest BCUT2D eigenvalue weighted by molar-refractivity contribution is 5.90. The maximum Gasteiger partial charge on any atom is 0.414 e. The third-order valence-electron chi connectivity index (χ3n) is 7.29. The van der Waals surface area contributed by atoms with E-state index in [1.807, 2.05) is 63.4 Å². The van der Waals surface area contributed by atoms with E-state index in [9.17, 15) is 9.59 Å². The number of benzene rings is 1.